The SMILES string of the molecule is CCCc1c(N)n[nH]c1-c1c(F)ccc(C)c1F. The third kappa shape index (κ3) is 1.96. The van der Waals surface area contributed by atoms with Gasteiger partial charge in [-0.2, -0.15) is 5.10 Å². The highest BCUT2D eigenvalue weighted by Crippen LogP contribution is 2.31. The number of nitrogen functional groups attached to an aromatic ring is 1. The first-order valence-electron chi connectivity index (χ1n) is 5.84. The Morgan fingerprint density at radius 1 is 1.33 bits per heavy atom. The molecule has 0 saturated carbocycles. The van der Waals surface area contributed by atoms with Crippen molar-refractivity contribution in [1.29, 1.82) is 0 Å². The first-order chi connectivity index (χ1) is 8.56. The lowest BCUT2D eigenvalue weighted by atomic mass is 10.0. The quantitative estimate of drug-likeness (QED) is 0.880. The fourth-order valence-electron chi connectivity index (χ4n) is 1.97. The van der Waals surface area contributed by atoms with Gasteiger partial charge in [-0.05, 0) is 25.0 Å². The molecule has 0 atom stereocenters. The molecule has 3 nitrogen and oxygen atoms in total. The van der Waals surface area contributed by atoms with Gasteiger partial charge in [0, 0.05) is 5.56 Å². The van der Waals surface area contributed by atoms with Crippen molar-refractivity contribution in [3.8, 4) is 11.3 Å². The van der Waals surface area contributed by atoms with Crippen LogP contribution in [0.1, 0.15) is 24.5 Å². The van der Waals surface area contributed by atoms with Crippen LogP contribution in [0.2, 0.25) is 0 Å². The van der Waals surface area contributed by atoms with Crippen LogP contribution in [0.25, 0.3) is 11.3 Å². The van der Waals surface area contributed by atoms with E-state index in [1.165, 1.54) is 12.1 Å². The summed E-state index contributed by atoms with van der Waals surface area (Å²) in [7, 11) is 0. The number of nitrogens with two attached hydrogens (primary N) is 1. The zero-order valence-electron chi connectivity index (χ0n) is 10.3. The van der Waals surface area contributed by atoms with E-state index in [4.69, 9.17) is 5.73 Å². The Morgan fingerprint density at radius 2 is 2.06 bits per heavy atom. The number of aryl methyl sites for hydroxylation is 1. The van der Waals surface area contributed by atoms with Gasteiger partial charge in [-0.15, -0.1) is 0 Å². The van der Waals surface area contributed by atoms with Crippen LogP contribution in [0, 0.1) is 18.6 Å². The number of aromatic nitrogens is 2. The van der Waals surface area contributed by atoms with Crippen LogP contribution in [-0.4, -0.2) is 10.2 Å². The summed E-state index contributed by atoms with van der Waals surface area (Å²) < 4.78 is 27.9. The summed E-state index contributed by atoms with van der Waals surface area (Å²) in [5.74, 6) is -0.887. The molecule has 0 aliphatic carbocycles. The molecule has 96 valence electrons. The predicted molar refractivity (Wildman–Crippen MR) is 67.1 cm³/mol. The summed E-state index contributed by atoms with van der Waals surface area (Å²) in [5.41, 5.74) is 7.03. The number of halogens is 2. The van der Waals surface area contributed by atoms with Crippen molar-refractivity contribution >= 4 is 5.82 Å². The van der Waals surface area contributed by atoms with E-state index in [-0.39, 0.29) is 5.56 Å². The highest BCUT2D eigenvalue weighted by atomic mass is 19.1. The van der Waals surface area contributed by atoms with Gasteiger partial charge in [0.2, 0.25) is 0 Å². The number of hydrogen-bond acceptors (Lipinski definition) is 2. The lowest BCUT2D eigenvalue weighted by Gasteiger charge is -2.07. The Morgan fingerprint density at radius 3 is 2.72 bits per heavy atom. The topological polar surface area (TPSA) is 54.7 Å². The van der Waals surface area contributed by atoms with Crippen LogP contribution in [0.15, 0.2) is 12.1 Å². The summed E-state index contributed by atoms with van der Waals surface area (Å²) in [4.78, 5) is 0. The maximum Gasteiger partial charge on any atom is 0.149 e. The number of benzene rings is 1. The molecule has 1 aromatic heterocycles. The number of aromatic amines is 1. The van der Waals surface area contributed by atoms with Crippen LogP contribution in [0.3, 0.4) is 0 Å². The van der Waals surface area contributed by atoms with E-state index in [1.807, 2.05) is 6.92 Å². The number of anilines is 1. The van der Waals surface area contributed by atoms with Gasteiger partial charge >= 0.3 is 0 Å². The standard InChI is InChI=1S/C13H15F2N3/c1-3-4-8-12(17-18-13(8)16)10-9(14)6-5-7(2)11(10)15/h5-6H,3-4H2,1-2H3,(H3,16,17,18). The van der Waals surface area contributed by atoms with Crippen molar-refractivity contribution in [1.82, 2.24) is 10.2 Å². The van der Waals surface area contributed by atoms with Gasteiger partial charge in [-0.3, -0.25) is 5.10 Å². The average molecular weight is 251 g/mol. The average Bonchev–Trinajstić information content (AvgIpc) is 2.68. The number of rotatable bonds is 3. The third-order valence-corrected chi connectivity index (χ3v) is 2.93. The van der Waals surface area contributed by atoms with Gasteiger partial charge in [-0.25, -0.2) is 8.78 Å². The zero-order valence-corrected chi connectivity index (χ0v) is 10.3. The smallest absolute Gasteiger partial charge is 0.149 e. The second kappa shape index (κ2) is 4.76. The number of hydrogen-bond donors (Lipinski definition) is 2. The molecule has 0 fully saturated rings. The fourth-order valence-corrected chi connectivity index (χ4v) is 1.97. The molecule has 3 N–H and O–H groups in total. The van der Waals surface area contributed by atoms with E-state index in [2.05, 4.69) is 10.2 Å². The van der Waals surface area contributed by atoms with E-state index < -0.39 is 11.6 Å². The normalized spacial score (nSPS) is 10.9. The van der Waals surface area contributed by atoms with Gasteiger partial charge in [0.15, 0.2) is 0 Å². The molecule has 0 spiro atoms. The van der Waals surface area contributed by atoms with Crippen LogP contribution in [0.5, 0.6) is 0 Å². The Labute approximate surface area is 104 Å². The number of nitrogens with zero attached hydrogens (tertiary/aromatic N) is 1. The Balaban J connectivity index is 2.66. The molecule has 0 bridgehead atoms. The molecule has 2 aromatic rings. The van der Waals surface area contributed by atoms with Crippen LogP contribution >= 0.6 is 0 Å². The van der Waals surface area contributed by atoms with Crippen molar-refractivity contribution in [3.05, 3.63) is 34.9 Å². The fraction of sp³-hybridized carbons (Fsp3) is 0.308. The van der Waals surface area contributed by atoms with Crippen molar-refractivity contribution in [2.75, 3.05) is 5.73 Å². The second-order valence-corrected chi connectivity index (χ2v) is 4.27. The molecule has 0 saturated heterocycles. The van der Waals surface area contributed by atoms with Crippen molar-refractivity contribution in [3.63, 3.8) is 0 Å². The van der Waals surface area contributed by atoms with Crippen LogP contribution in [0.4, 0.5) is 14.6 Å². The highest BCUT2D eigenvalue weighted by molar-refractivity contribution is 5.69. The van der Waals surface area contributed by atoms with Crippen molar-refractivity contribution in [2.24, 2.45) is 0 Å². The number of nitrogens with one attached hydrogen (secondary N) is 1. The Hall–Kier alpha value is -1.91. The predicted octanol–water partition coefficient (Wildman–Crippen LogP) is 3.20. The molecule has 0 radical (unpaired) electrons. The van der Waals surface area contributed by atoms with Crippen molar-refractivity contribution < 1.29 is 8.78 Å². The van der Waals surface area contributed by atoms with Gasteiger partial charge in [-0.1, -0.05) is 19.4 Å². The zero-order chi connectivity index (χ0) is 13.3. The number of H-pyrrole nitrogens is 1. The van der Waals surface area contributed by atoms with E-state index in [0.717, 1.165) is 6.42 Å². The van der Waals surface area contributed by atoms with E-state index in [1.54, 1.807) is 6.92 Å². The van der Waals surface area contributed by atoms with E-state index in [0.29, 0.717) is 29.1 Å². The Bertz CT molecular complexity index is 576. The minimum absolute atomic E-state index is 0.0809. The van der Waals surface area contributed by atoms with Crippen molar-refractivity contribution in [2.45, 2.75) is 26.7 Å². The minimum Gasteiger partial charge on any atom is -0.382 e. The van der Waals surface area contributed by atoms with E-state index in [9.17, 15) is 8.78 Å². The Kier molecular flexibility index (Phi) is 3.32. The third-order valence-electron chi connectivity index (χ3n) is 2.93. The van der Waals surface area contributed by atoms with Crippen LogP contribution < -0.4 is 5.73 Å². The summed E-state index contributed by atoms with van der Waals surface area (Å²) in [6.45, 7) is 3.57. The molecule has 5 heteroatoms. The maximum absolute atomic E-state index is 14.0. The lowest BCUT2D eigenvalue weighted by molar-refractivity contribution is 0.582. The van der Waals surface area contributed by atoms with Gasteiger partial charge in [0.05, 0.1) is 11.3 Å². The van der Waals surface area contributed by atoms with Gasteiger partial charge in [0.1, 0.15) is 17.5 Å². The summed E-state index contributed by atoms with van der Waals surface area (Å²) in [6, 6.07) is 2.66. The molecular weight excluding hydrogens is 236 g/mol. The first kappa shape index (κ1) is 12.5. The van der Waals surface area contributed by atoms with Crippen LogP contribution in [-0.2, 0) is 6.42 Å². The van der Waals surface area contributed by atoms with Gasteiger partial charge < -0.3 is 5.73 Å². The monoisotopic (exact) mass is 251 g/mol. The highest BCUT2D eigenvalue weighted by Gasteiger charge is 2.20. The second-order valence-electron chi connectivity index (χ2n) is 4.27. The molecule has 1 aromatic carbocycles. The van der Waals surface area contributed by atoms with Gasteiger partial charge in [0.25, 0.3) is 0 Å². The summed E-state index contributed by atoms with van der Waals surface area (Å²) in [5, 5.41) is 6.47. The summed E-state index contributed by atoms with van der Waals surface area (Å²) >= 11 is 0. The lowest BCUT2D eigenvalue weighted by Crippen LogP contribution is -1.98. The van der Waals surface area contributed by atoms with E-state index >= 15 is 0 Å². The first-order valence-corrected chi connectivity index (χ1v) is 5.84. The molecule has 0 aliphatic rings. The molecule has 0 unspecified atom stereocenters. The molecular formula is C13H15F2N3. The molecule has 18 heavy (non-hydrogen) atoms. The maximum atomic E-state index is 14.0. The molecule has 0 amide bonds. The molecule has 1 heterocycles. The summed E-state index contributed by atoms with van der Waals surface area (Å²) in [6.07, 6.45) is 1.45. The molecule has 2 rings (SSSR count). The molecule has 0 aliphatic heterocycles. The largest absolute Gasteiger partial charge is 0.382 e. The minimum atomic E-state index is -0.612.